The minimum absolute atomic E-state index is 0.0368. The molecule has 1 aromatic carbocycles. The molecule has 0 saturated heterocycles. The number of benzene rings is 1. The third-order valence-corrected chi connectivity index (χ3v) is 2.55. The van der Waals surface area contributed by atoms with Gasteiger partial charge < -0.3 is 14.8 Å². The van der Waals surface area contributed by atoms with E-state index in [9.17, 15) is 0 Å². The summed E-state index contributed by atoms with van der Waals surface area (Å²) in [4.78, 5) is 12.5. The van der Waals surface area contributed by atoms with E-state index in [1.165, 1.54) is 0 Å². The first-order valence-corrected chi connectivity index (χ1v) is 7.04. The SMILES string of the molecule is CCNc1nc(Oc2ccc(Cl)cc2)nc(OC(C)C)n1. The molecule has 0 aliphatic carbocycles. The summed E-state index contributed by atoms with van der Waals surface area (Å²) in [6, 6.07) is 7.33. The highest BCUT2D eigenvalue weighted by Crippen LogP contribution is 2.22. The molecule has 6 nitrogen and oxygen atoms in total. The van der Waals surface area contributed by atoms with E-state index in [1.54, 1.807) is 24.3 Å². The number of aromatic nitrogens is 3. The van der Waals surface area contributed by atoms with Crippen LogP contribution in [0.3, 0.4) is 0 Å². The summed E-state index contributed by atoms with van der Waals surface area (Å²) in [5.74, 6) is 0.996. The summed E-state index contributed by atoms with van der Waals surface area (Å²) in [5, 5.41) is 3.65. The minimum atomic E-state index is -0.0368. The standard InChI is InChI=1S/C14H17ClN4O2/c1-4-16-12-17-13(20-9(2)3)19-14(18-12)21-11-7-5-10(15)6-8-11/h5-9H,4H2,1-3H3,(H,16,17,18,19). The molecule has 2 rings (SSSR count). The van der Waals surface area contributed by atoms with E-state index in [1.807, 2.05) is 20.8 Å². The molecule has 0 fully saturated rings. The Bertz CT molecular complexity index is 590. The molecule has 0 spiro atoms. The van der Waals surface area contributed by atoms with E-state index in [2.05, 4.69) is 20.3 Å². The molecular weight excluding hydrogens is 292 g/mol. The minimum Gasteiger partial charge on any atom is -0.461 e. The molecule has 112 valence electrons. The number of hydrogen-bond acceptors (Lipinski definition) is 6. The average molecular weight is 309 g/mol. The van der Waals surface area contributed by atoms with Crippen molar-refractivity contribution in [2.45, 2.75) is 26.9 Å². The predicted octanol–water partition coefficient (Wildman–Crippen LogP) is 3.54. The van der Waals surface area contributed by atoms with Crippen molar-refractivity contribution in [3.63, 3.8) is 0 Å². The molecule has 1 heterocycles. The van der Waals surface area contributed by atoms with Crippen LogP contribution in [0, 0.1) is 0 Å². The Balaban J connectivity index is 2.24. The van der Waals surface area contributed by atoms with Crippen LogP contribution in [0.25, 0.3) is 0 Å². The largest absolute Gasteiger partial charge is 0.461 e. The van der Waals surface area contributed by atoms with Crippen molar-refractivity contribution in [2.75, 3.05) is 11.9 Å². The van der Waals surface area contributed by atoms with Crippen LogP contribution in [0.15, 0.2) is 24.3 Å². The van der Waals surface area contributed by atoms with Crippen LogP contribution in [0.4, 0.5) is 5.95 Å². The summed E-state index contributed by atoms with van der Waals surface area (Å²) in [7, 11) is 0. The summed E-state index contributed by atoms with van der Waals surface area (Å²) < 4.78 is 11.1. The molecule has 2 aromatic rings. The predicted molar refractivity (Wildman–Crippen MR) is 81.3 cm³/mol. The third-order valence-electron chi connectivity index (χ3n) is 2.29. The third kappa shape index (κ3) is 4.75. The lowest BCUT2D eigenvalue weighted by Gasteiger charge is -2.11. The van der Waals surface area contributed by atoms with Gasteiger partial charge in [0.05, 0.1) is 6.10 Å². The number of rotatable bonds is 6. The van der Waals surface area contributed by atoms with Crippen molar-refractivity contribution >= 4 is 17.5 Å². The number of hydrogen-bond donors (Lipinski definition) is 1. The Labute approximate surface area is 128 Å². The van der Waals surface area contributed by atoms with Gasteiger partial charge in [-0.05, 0) is 45.0 Å². The zero-order valence-electron chi connectivity index (χ0n) is 12.1. The molecule has 0 bridgehead atoms. The molecule has 0 amide bonds. The highest BCUT2D eigenvalue weighted by molar-refractivity contribution is 6.30. The maximum Gasteiger partial charge on any atom is 0.330 e. The summed E-state index contributed by atoms with van der Waals surface area (Å²) >= 11 is 5.84. The van der Waals surface area contributed by atoms with Crippen LogP contribution in [0.2, 0.25) is 5.02 Å². The van der Waals surface area contributed by atoms with Gasteiger partial charge in [-0.25, -0.2) is 0 Å². The van der Waals surface area contributed by atoms with E-state index in [0.717, 1.165) is 0 Å². The fraction of sp³-hybridized carbons (Fsp3) is 0.357. The molecule has 0 aliphatic heterocycles. The van der Waals surface area contributed by atoms with Crippen LogP contribution >= 0.6 is 11.6 Å². The Hall–Kier alpha value is -2.08. The number of nitrogens with zero attached hydrogens (tertiary/aromatic N) is 3. The molecule has 21 heavy (non-hydrogen) atoms. The highest BCUT2D eigenvalue weighted by Gasteiger charge is 2.10. The van der Waals surface area contributed by atoms with Gasteiger partial charge in [-0.15, -0.1) is 4.98 Å². The van der Waals surface area contributed by atoms with Crippen molar-refractivity contribution in [1.82, 2.24) is 15.0 Å². The van der Waals surface area contributed by atoms with E-state index >= 15 is 0 Å². The first kappa shape index (κ1) is 15.3. The lowest BCUT2D eigenvalue weighted by atomic mass is 10.3. The monoisotopic (exact) mass is 308 g/mol. The van der Waals surface area contributed by atoms with Crippen LogP contribution in [0.1, 0.15) is 20.8 Å². The highest BCUT2D eigenvalue weighted by atomic mass is 35.5. The first-order chi connectivity index (χ1) is 10.1. The van der Waals surface area contributed by atoms with Crippen LogP contribution in [-0.2, 0) is 0 Å². The second-order valence-electron chi connectivity index (χ2n) is 4.48. The van der Waals surface area contributed by atoms with Crippen molar-refractivity contribution in [2.24, 2.45) is 0 Å². The molecule has 7 heteroatoms. The average Bonchev–Trinajstić information content (AvgIpc) is 2.41. The first-order valence-electron chi connectivity index (χ1n) is 6.67. The zero-order chi connectivity index (χ0) is 15.2. The number of ether oxygens (including phenoxy) is 2. The van der Waals surface area contributed by atoms with Crippen molar-refractivity contribution in [3.05, 3.63) is 29.3 Å². The number of nitrogens with one attached hydrogen (secondary N) is 1. The van der Waals surface area contributed by atoms with Crippen molar-refractivity contribution < 1.29 is 9.47 Å². The van der Waals surface area contributed by atoms with Gasteiger partial charge in [0, 0.05) is 11.6 Å². The molecule has 1 aromatic heterocycles. The van der Waals surface area contributed by atoms with E-state index in [4.69, 9.17) is 21.1 Å². The number of halogens is 1. The van der Waals surface area contributed by atoms with Gasteiger partial charge in [-0.1, -0.05) is 11.6 Å². The van der Waals surface area contributed by atoms with Gasteiger partial charge >= 0.3 is 12.0 Å². The maximum atomic E-state index is 5.84. The van der Waals surface area contributed by atoms with E-state index in [-0.39, 0.29) is 18.1 Å². The zero-order valence-corrected chi connectivity index (χ0v) is 12.9. The topological polar surface area (TPSA) is 69.2 Å². The van der Waals surface area contributed by atoms with E-state index in [0.29, 0.717) is 23.3 Å². The Morgan fingerprint density at radius 2 is 1.76 bits per heavy atom. The van der Waals surface area contributed by atoms with Crippen LogP contribution in [-0.4, -0.2) is 27.6 Å². The smallest absolute Gasteiger partial charge is 0.330 e. The van der Waals surface area contributed by atoms with Gasteiger partial charge in [0.15, 0.2) is 0 Å². The molecular formula is C14H17ClN4O2. The van der Waals surface area contributed by atoms with Gasteiger partial charge in [0.25, 0.3) is 0 Å². The fourth-order valence-corrected chi connectivity index (χ4v) is 1.62. The van der Waals surface area contributed by atoms with Crippen LogP contribution < -0.4 is 14.8 Å². The van der Waals surface area contributed by atoms with Gasteiger partial charge in [-0.2, -0.15) is 9.97 Å². The summed E-state index contributed by atoms with van der Waals surface area (Å²) in [5.41, 5.74) is 0. The van der Waals surface area contributed by atoms with Crippen molar-refractivity contribution in [1.29, 1.82) is 0 Å². The normalized spacial score (nSPS) is 10.5. The second-order valence-corrected chi connectivity index (χ2v) is 4.91. The molecule has 1 N–H and O–H groups in total. The molecule has 0 saturated carbocycles. The lowest BCUT2D eigenvalue weighted by molar-refractivity contribution is 0.218. The molecule has 0 atom stereocenters. The molecule has 0 unspecified atom stereocenters. The Morgan fingerprint density at radius 1 is 1.10 bits per heavy atom. The van der Waals surface area contributed by atoms with Gasteiger partial charge in [-0.3, -0.25) is 0 Å². The summed E-state index contributed by atoms with van der Waals surface area (Å²) in [6.45, 7) is 6.44. The fourth-order valence-electron chi connectivity index (χ4n) is 1.49. The van der Waals surface area contributed by atoms with Crippen molar-refractivity contribution in [3.8, 4) is 17.8 Å². The van der Waals surface area contributed by atoms with Gasteiger partial charge in [0.2, 0.25) is 5.95 Å². The Morgan fingerprint density at radius 3 is 2.38 bits per heavy atom. The molecule has 0 radical (unpaired) electrons. The second kappa shape index (κ2) is 7.08. The molecule has 0 aliphatic rings. The summed E-state index contributed by atoms with van der Waals surface area (Å²) in [6.07, 6.45) is -0.0368. The van der Waals surface area contributed by atoms with E-state index < -0.39 is 0 Å². The Kier molecular flexibility index (Phi) is 5.16. The number of anilines is 1. The lowest BCUT2D eigenvalue weighted by Crippen LogP contribution is -2.12. The quantitative estimate of drug-likeness (QED) is 0.880. The van der Waals surface area contributed by atoms with Crippen LogP contribution in [0.5, 0.6) is 17.8 Å². The maximum absolute atomic E-state index is 5.84. The van der Waals surface area contributed by atoms with Gasteiger partial charge in [0.1, 0.15) is 5.75 Å².